The van der Waals surface area contributed by atoms with E-state index in [4.69, 9.17) is 0 Å². The van der Waals surface area contributed by atoms with Crippen LogP contribution >= 0.6 is 0 Å². The standard InChI is InChI=1S/C25H52Si3/c1-11-24(27(15-5,16-6)17-7)23-25(28(18-8,19-9)20-10)21-22-26(12-2,13-3)14-4/h11,21-23H,12-20H2,1-10H3/b22-21+,24-11-,25-23-/i22D. The van der Waals surface area contributed by atoms with E-state index in [2.05, 4.69) is 87.5 Å². The van der Waals surface area contributed by atoms with Gasteiger partial charge >= 0.3 is 0 Å². The molecule has 0 aliphatic rings. The van der Waals surface area contributed by atoms with Crippen LogP contribution in [-0.4, -0.2) is 24.2 Å². The molecule has 0 aromatic heterocycles. The molecule has 0 heterocycles. The summed E-state index contributed by atoms with van der Waals surface area (Å²) in [6.07, 6.45) is 7.50. The Morgan fingerprint density at radius 2 is 0.964 bits per heavy atom. The van der Waals surface area contributed by atoms with Gasteiger partial charge in [0.15, 0.2) is 0 Å². The summed E-state index contributed by atoms with van der Waals surface area (Å²) in [5.41, 5.74) is 1.02. The molecule has 0 saturated carbocycles. The minimum Gasteiger partial charge on any atom is -0.0943 e. The third-order valence-electron chi connectivity index (χ3n) is 8.47. The van der Waals surface area contributed by atoms with E-state index >= 15 is 0 Å². The minimum atomic E-state index is -1.63. The van der Waals surface area contributed by atoms with Gasteiger partial charge in [-0.3, -0.25) is 0 Å². The van der Waals surface area contributed by atoms with Gasteiger partial charge in [0.05, 0.1) is 25.6 Å². The van der Waals surface area contributed by atoms with Crippen molar-refractivity contribution in [2.75, 3.05) is 0 Å². The highest BCUT2D eigenvalue weighted by Gasteiger charge is 2.34. The molecular formula is C25H52Si3. The molecule has 0 aromatic carbocycles. The molecule has 0 N–H and O–H groups in total. The smallest absolute Gasteiger partial charge is 0.0858 e. The zero-order valence-electron chi connectivity index (χ0n) is 22.1. The Labute approximate surface area is 183 Å². The summed E-state index contributed by atoms with van der Waals surface area (Å²) >= 11 is 0. The average molecular weight is 438 g/mol. The van der Waals surface area contributed by atoms with Crippen molar-refractivity contribution in [2.24, 2.45) is 0 Å². The van der Waals surface area contributed by atoms with Crippen molar-refractivity contribution in [1.29, 1.82) is 0 Å². The molecule has 0 amide bonds. The van der Waals surface area contributed by atoms with Crippen molar-refractivity contribution in [3.05, 3.63) is 34.3 Å². The van der Waals surface area contributed by atoms with E-state index < -0.39 is 24.2 Å². The van der Waals surface area contributed by atoms with Gasteiger partial charge in [0.2, 0.25) is 0 Å². The van der Waals surface area contributed by atoms with Crippen LogP contribution in [0.25, 0.3) is 0 Å². The van der Waals surface area contributed by atoms with Crippen LogP contribution in [0.15, 0.2) is 34.3 Å². The van der Waals surface area contributed by atoms with E-state index in [1.54, 1.807) is 10.4 Å². The van der Waals surface area contributed by atoms with Crippen LogP contribution < -0.4 is 0 Å². The summed E-state index contributed by atoms with van der Waals surface area (Å²) in [6.45, 7) is 23.7. The van der Waals surface area contributed by atoms with E-state index in [-0.39, 0.29) is 0 Å². The van der Waals surface area contributed by atoms with Crippen molar-refractivity contribution >= 4 is 24.2 Å². The second-order valence-electron chi connectivity index (χ2n) is 8.66. The monoisotopic (exact) mass is 437 g/mol. The Balaban J connectivity index is 6.86. The summed E-state index contributed by atoms with van der Waals surface area (Å²) in [5.74, 6) is 0. The fourth-order valence-corrected chi connectivity index (χ4v) is 15.3. The Kier molecular flexibility index (Phi) is 12.2. The number of rotatable bonds is 14. The summed E-state index contributed by atoms with van der Waals surface area (Å²) < 4.78 is 9.20. The van der Waals surface area contributed by atoms with Crippen LogP contribution in [0.5, 0.6) is 0 Å². The summed E-state index contributed by atoms with van der Waals surface area (Å²) in [4.78, 5) is 0. The fourth-order valence-electron chi connectivity index (χ4n) is 5.07. The minimum absolute atomic E-state index is 1.02. The summed E-state index contributed by atoms with van der Waals surface area (Å²) in [5, 5.41) is 3.26. The zero-order chi connectivity index (χ0) is 22.7. The predicted molar refractivity (Wildman–Crippen MR) is 143 cm³/mol. The Hall–Kier alpha value is -0.129. The first-order valence-corrected chi connectivity index (χ1v) is 20.2. The molecule has 0 fully saturated rings. The third-order valence-corrected chi connectivity index (χ3v) is 24.6. The quantitative estimate of drug-likeness (QED) is 0.187. The maximum atomic E-state index is 9.20. The molecule has 28 heavy (non-hydrogen) atoms. The van der Waals surface area contributed by atoms with E-state index in [1.807, 2.05) is 0 Å². The van der Waals surface area contributed by atoms with E-state index in [0.717, 1.165) is 5.68 Å². The first-order valence-electron chi connectivity index (χ1n) is 12.8. The van der Waals surface area contributed by atoms with Gasteiger partial charge in [-0.25, -0.2) is 0 Å². The van der Waals surface area contributed by atoms with Gasteiger partial charge in [0.1, 0.15) is 0 Å². The average Bonchev–Trinajstić information content (AvgIpc) is 2.77. The SMILES string of the molecule is [2H]\C(=C/C(=C/C(=C/C)[Si](CC)(CC)CC)[Si](CC)(CC)CC)[Si](CC)(CC)CC. The van der Waals surface area contributed by atoms with Crippen LogP contribution in [0, 0.1) is 0 Å². The molecular weight excluding hydrogens is 385 g/mol. The van der Waals surface area contributed by atoms with Gasteiger partial charge in [-0.2, -0.15) is 0 Å². The normalized spacial score (nSPS) is 15.8. The predicted octanol–water partition coefficient (Wildman–Crippen LogP) is 9.56. The molecule has 0 aliphatic carbocycles. The second kappa shape index (κ2) is 13.2. The maximum Gasteiger partial charge on any atom is 0.0858 e. The molecule has 0 nitrogen and oxygen atoms in total. The van der Waals surface area contributed by atoms with Crippen LogP contribution in [0.1, 0.15) is 70.6 Å². The second-order valence-corrected chi connectivity index (χ2v) is 24.1. The molecule has 0 atom stereocenters. The fraction of sp³-hybridized carbons (Fsp3) is 0.760. The van der Waals surface area contributed by atoms with Crippen molar-refractivity contribution < 1.29 is 1.37 Å². The lowest BCUT2D eigenvalue weighted by atomic mass is 10.4. The van der Waals surface area contributed by atoms with Gasteiger partial charge in [-0.15, -0.1) is 0 Å². The molecule has 0 aromatic rings. The van der Waals surface area contributed by atoms with Gasteiger partial charge in [0.25, 0.3) is 0 Å². The largest absolute Gasteiger partial charge is 0.0943 e. The lowest BCUT2D eigenvalue weighted by Crippen LogP contribution is -2.38. The molecule has 164 valence electrons. The van der Waals surface area contributed by atoms with Crippen LogP contribution in [0.4, 0.5) is 0 Å². The Morgan fingerprint density at radius 3 is 1.25 bits per heavy atom. The Morgan fingerprint density at radius 1 is 0.607 bits per heavy atom. The third kappa shape index (κ3) is 6.18. The molecule has 0 radical (unpaired) electrons. The highest BCUT2D eigenvalue weighted by atomic mass is 28.3. The van der Waals surface area contributed by atoms with Crippen molar-refractivity contribution in [3.8, 4) is 0 Å². The lowest BCUT2D eigenvalue weighted by Gasteiger charge is -2.35. The highest BCUT2D eigenvalue weighted by molar-refractivity contribution is 6.89. The van der Waals surface area contributed by atoms with E-state index in [0.29, 0.717) is 0 Å². The van der Waals surface area contributed by atoms with Crippen LogP contribution in [0.2, 0.25) is 54.4 Å². The molecule has 3 heteroatoms. The first-order chi connectivity index (χ1) is 13.7. The van der Waals surface area contributed by atoms with Gasteiger partial charge in [0, 0.05) is 0 Å². The summed E-state index contributed by atoms with van der Waals surface area (Å²) in [7, 11) is -4.61. The Bertz CT molecular complexity index is 538. The van der Waals surface area contributed by atoms with Crippen molar-refractivity contribution in [2.45, 2.75) is 124 Å². The first kappa shape index (κ1) is 25.9. The zero-order valence-corrected chi connectivity index (χ0v) is 24.1. The number of hydrogen-bond acceptors (Lipinski definition) is 0. The van der Waals surface area contributed by atoms with Gasteiger partial charge < -0.3 is 0 Å². The van der Waals surface area contributed by atoms with E-state index in [9.17, 15) is 1.37 Å². The van der Waals surface area contributed by atoms with Crippen molar-refractivity contribution in [3.63, 3.8) is 0 Å². The van der Waals surface area contributed by atoms with Gasteiger partial charge in [-0.1, -0.05) is 151 Å². The molecule has 0 aliphatic heterocycles. The lowest BCUT2D eigenvalue weighted by molar-refractivity contribution is 1.16. The summed E-state index contributed by atoms with van der Waals surface area (Å²) in [6, 6.07) is 11.5. The highest BCUT2D eigenvalue weighted by Crippen LogP contribution is 2.36. The van der Waals surface area contributed by atoms with Gasteiger partial charge in [-0.05, 0) is 6.92 Å². The molecule has 0 unspecified atom stereocenters. The molecule has 0 spiro atoms. The molecule has 0 rings (SSSR count). The maximum absolute atomic E-state index is 9.20. The number of hydrogen-bond donors (Lipinski definition) is 0. The molecule has 0 saturated heterocycles. The van der Waals surface area contributed by atoms with E-state index in [1.165, 1.54) is 54.4 Å². The topological polar surface area (TPSA) is 0 Å². The van der Waals surface area contributed by atoms with Crippen LogP contribution in [0.3, 0.4) is 0 Å². The molecule has 0 bridgehead atoms. The van der Waals surface area contributed by atoms with Crippen LogP contribution in [-0.2, 0) is 0 Å². The number of allylic oxidation sites excluding steroid dienone is 5. The van der Waals surface area contributed by atoms with Crippen molar-refractivity contribution in [1.82, 2.24) is 0 Å².